The lowest BCUT2D eigenvalue weighted by Crippen LogP contribution is -2.47. The number of ether oxygens (including phenoxy) is 2. The summed E-state index contributed by atoms with van der Waals surface area (Å²) in [6.07, 6.45) is 1.54. The molecule has 0 spiro atoms. The molecule has 3 unspecified atom stereocenters. The summed E-state index contributed by atoms with van der Waals surface area (Å²) in [5, 5.41) is 3.58. The third-order valence-corrected chi connectivity index (χ3v) is 3.68. The minimum Gasteiger partial charge on any atom is -0.381 e. The van der Waals surface area contributed by atoms with Crippen LogP contribution < -0.4 is 5.32 Å². The lowest BCUT2D eigenvalue weighted by atomic mass is 10.0. The average Bonchev–Trinajstić information content (AvgIpc) is 2.79. The number of nitrogens with zero attached hydrogens (tertiary/aromatic N) is 1. The van der Waals surface area contributed by atoms with Gasteiger partial charge in [-0.25, -0.2) is 0 Å². The fourth-order valence-electron chi connectivity index (χ4n) is 2.42. The van der Waals surface area contributed by atoms with Gasteiger partial charge in [0.25, 0.3) is 0 Å². The predicted molar refractivity (Wildman–Crippen MR) is 63.6 cm³/mol. The molecule has 3 atom stereocenters. The van der Waals surface area contributed by atoms with Crippen molar-refractivity contribution in [3.63, 3.8) is 0 Å². The molecule has 2 saturated heterocycles. The monoisotopic (exact) mass is 228 g/mol. The standard InChI is InChI=1S/C12H24N2O2/c1-10(11-3-5-15-9-11)13-7-12-8-14(2)4-6-16-12/h10-13H,3-9H2,1-2H3. The van der Waals surface area contributed by atoms with E-state index in [9.17, 15) is 0 Å². The maximum absolute atomic E-state index is 5.73. The number of hydrogen-bond donors (Lipinski definition) is 1. The van der Waals surface area contributed by atoms with Gasteiger partial charge in [0.1, 0.15) is 0 Å². The van der Waals surface area contributed by atoms with Crippen LogP contribution in [0, 0.1) is 5.92 Å². The first-order valence-electron chi connectivity index (χ1n) is 6.37. The molecule has 0 amide bonds. The Bertz CT molecular complexity index is 205. The predicted octanol–water partition coefficient (Wildman–Crippen LogP) is 0.332. The maximum atomic E-state index is 5.73. The molecule has 2 fully saturated rings. The molecular weight excluding hydrogens is 204 g/mol. The quantitative estimate of drug-likeness (QED) is 0.752. The van der Waals surface area contributed by atoms with Crippen molar-refractivity contribution in [2.24, 2.45) is 5.92 Å². The van der Waals surface area contributed by atoms with Crippen LogP contribution in [0.15, 0.2) is 0 Å². The van der Waals surface area contributed by atoms with E-state index < -0.39 is 0 Å². The highest BCUT2D eigenvalue weighted by Gasteiger charge is 2.24. The number of hydrogen-bond acceptors (Lipinski definition) is 4. The van der Waals surface area contributed by atoms with Crippen molar-refractivity contribution in [3.05, 3.63) is 0 Å². The van der Waals surface area contributed by atoms with Gasteiger partial charge >= 0.3 is 0 Å². The van der Waals surface area contributed by atoms with E-state index in [-0.39, 0.29) is 0 Å². The second kappa shape index (κ2) is 5.96. The zero-order valence-corrected chi connectivity index (χ0v) is 10.4. The molecule has 4 nitrogen and oxygen atoms in total. The van der Waals surface area contributed by atoms with Gasteiger partial charge in [-0.2, -0.15) is 0 Å². The van der Waals surface area contributed by atoms with Crippen LogP contribution in [0.2, 0.25) is 0 Å². The minimum absolute atomic E-state index is 0.350. The summed E-state index contributed by atoms with van der Waals surface area (Å²) < 4.78 is 11.1. The topological polar surface area (TPSA) is 33.7 Å². The minimum atomic E-state index is 0.350. The average molecular weight is 228 g/mol. The van der Waals surface area contributed by atoms with Gasteiger partial charge in [-0.15, -0.1) is 0 Å². The largest absolute Gasteiger partial charge is 0.381 e. The van der Waals surface area contributed by atoms with Crippen molar-refractivity contribution in [3.8, 4) is 0 Å². The summed E-state index contributed by atoms with van der Waals surface area (Å²) in [6.45, 7) is 8.03. The molecule has 2 aliphatic rings. The van der Waals surface area contributed by atoms with Crippen LogP contribution in [0.4, 0.5) is 0 Å². The first-order valence-corrected chi connectivity index (χ1v) is 6.37. The highest BCUT2D eigenvalue weighted by Crippen LogP contribution is 2.16. The molecule has 2 heterocycles. The first-order chi connectivity index (χ1) is 7.75. The number of likely N-dealkylation sites (N-methyl/N-ethyl adjacent to an activating group) is 1. The second-order valence-corrected chi connectivity index (χ2v) is 5.08. The Morgan fingerprint density at radius 1 is 1.44 bits per heavy atom. The van der Waals surface area contributed by atoms with Crippen LogP contribution in [-0.4, -0.2) is 63.5 Å². The fourth-order valence-corrected chi connectivity index (χ4v) is 2.42. The summed E-state index contributed by atoms with van der Waals surface area (Å²) in [5.74, 6) is 0.682. The molecular formula is C12H24N2O2. The zero-order valence-electron chi connectivity index (χ0n) is 10.4. The van der Waals surface area contributed by atoms with Crippen molar-refractivity contribution in [2.45, 2.75) is 25.5 Å². The van der Waals surface area contributed by atoms with Crippen molar-refractivity contribution < 1.29 is 9.47 Å². The Kier molecular flexibility index (Phi) is 4.58. The summed E-state index contributed by atoms with van der Waals surface area (Å²) in [4.78, 5) is 2.33. The van der Waals surface area contributed by atoms with Gasteiger partial charge in [-0.3, -0.25) is 0 Å². The van der Waals surface area contributed by atoms with E-state index in [0.717, 1.165) is 39.5 Å². The van der Waals surface area contributed by atoms with E-state index in [4.69, 9.17) is 9.47 Å². The molecule has 4 heteroatoms. The van der Waals surface area contributed by atoms with Gasteiger partial charge in [-0.1, -0.05) is 0 Å². The van der Waals surface area contributed by atoms with E-state index >= 15 is 0 Å². The molecule has 2 aliphatic heterocycles. The van der Waals surface area contributed by atoms with E-state index in [0.29, 0.717) is 18.1 Å². The van der Waals surface area contributed by atoms with E-state index in [2.05, 4.69) is 24.2 Å². The third-order valence-electron chi connectivity index (χ3n) is 3.68. The summed E-state index contributed by atoms with van der Waals surface area (Å²) in [7, 11) is 2.16. The van der Waals surface area contributed by atoms with Gasteiger partial charge in [0, 0.05) is 32.3 Å². The lowest BCUT2D eigenvalue weighted by Gasteiger charge is -2.31. The Hall–Kier alpha value is -0.160. The molecule has 16 heavy (non-hydrogen) atoms. The lowest BCUT2D eigenvalue weighted by molar-refractivity contribution is -0.0198. The fraction of sp³-hybridized carbons (Fsp3) is 1.00. The molecule has 1 N–H and O–H groups in total. The Morgan fingerprint density at radius 3 is 3.00 bits per heavy atom. The molecule has 0 aromatic rings. The van der Waals surface area contributed by atoms with Gasteiger partial charge < -0.3 is 19.7 Å². The van der Waals surface area contributed by atoms with Crippen LogP contribution in [0.3, 0.4) is 0 Å². The highest BCUT2D eigenvalue weighted by molar-refractivity contribution is 4.78. The van der Waals surface area contributed by atoms with Crippen molar-refractivity contribution in [1.29, 1.82) is 0 Å². The molecule has 0 radical (unpaired) electrons. The third kappa shape index (κ3) is 3.42. The molecule has 0 bridgehead atoms. The second-order valence-electron chi connectivity index (χ2n) is 5.08. The number of rotatable bonds is 4. The van der Waals surface area contributed by atoms with Crippen LogP contribution in [0.5, 0.6) is 0 Å². The SMILES string of the molecule is CC(NCC1CN(C)CCO1)C1CCOC1. The van der Waals surface area contributed by atoms with Crippen LogP contribution in [0.25, 0.3) is 0 Å². The summed E-state index contributed by atoms with van der Waals surface area (Å²) >= 11 is 0. The zero-order chi connectivity index (χ0) is 11.4. The van der Waals surface area contributed by atoms with Gasteiger partial charge in [0.2, 0.25) is 0 Å². The van der Waals surface area contributed by atoms with Crippen molar-refractivity contribution in [1.82, 2.24) is 10.2 Å². The van der Waals surface area contributed by atoms with E-state index in [1.807, 2.05) is 0 Å². The molecule has 0 aliphatic carbocycles. The Balaban J connectivity index is 1.65. The highest BCUT2D eigenvalue weighted by atomic mass is 16.5. The number of nitrogens with one attached hydrogen (secondary N) is 1. The van der Waals surface area contributed by atoms with Crippen molar-refractivity contribution in [2.75, 3.05) is 46.5 Å². The van der Waals surface area contributed by atoms with Crippen molar-refractivity contribution >= 4 is 0 Å². The molecule has 0 saturated carbocycles. The molecule has 2 rings (SSSR count). The Morgan fingerprint density at radius 2 is 2.31 bits per heavy atom. The van der Waals surface area contributed by atoms with Gasteiger partial charge in [0.05, 0.1) is 19.3 Å². The van der Waals surface area contributed by atoms with Crippen LogP contribution >= 0.6 is 0 Å². The normalized spacial score (nSPS) is 34.1. The summed E-state index contributed by atoms with van der Waals surface area (Å²) in [6, 6.07) is 0.540. The summed E-state index contributed by atoms with van der Waals surface area (Å²) in [5.41, 5.74) is 0. The first kappa shape index (κ1) is 12.3. The molecule has 0 aromatic carbocycles. The van der Waals surface area contributed by atoms with Gasteiger partial charge in [-0.05, 0) is 26.3 Å². The van der Waals surface area contributed by atoms with Gasteiger partial charge in [0.15, 0.2) is 0 Å². The van der Waals surface area contributed by atoms with E-state index in [1.54, 1.807) is 0 Å². The van der Waals surface area contributed by atoms with Crippen LogP contribution in [-0.2, 0) is 9.47 Å². The molecule has 94 valence electrons. The smallest absolute Gasteiger partial charge is 0.0826 e. The Labute approximate surface area is 98.3 Å². The van der Waals surface area contributed by atoms with Crippen LogP contribution in [0.1, 0.15) is 13.3 Å². The van der Waals surface area contributed by atoms with E-state index in [1.165, 1.54) is 6.42 Å². The number of morpholine rings is 1. The maximum Gasteiger partial charge on any atom is 0.0826 e. The molecule has 0 aromatic heterocycles.